The summed E-state index contributed by atoms with van der Waals surface area (Å²) in [6.45, 7) is 3.73. The molecule has 1 unspecified atom stereocenters. The van der Waals surface area contributed by atoms with E-state index in [9.17, 15) is 5.11 Å². The van der Waals surface area contributed by atoms with E-state index in [0.29, 0.717) is 13.0 Å². The largest absolute Gasteiger partial charge is 0.394 e. The van der Waals surface area contributed by atoms with E-state index in [0.717, 1.165) is 5.56 Å². The van der Waals surface area contributed by atoms with E-state index in [-0.39, 0.29) is 6.61 Å². The fourth-order valence-corrected chi connectivity index (χ4v) is 1.40. The van der Waals surface area contributed by atoms with Crippen LogP contribution in [0.15, 0.2) is 43.0 Å². The van der Waals surface area contributed by atoms with E-state index in [2.05, 4.69) is 6.58 Å². The first-order valence-electron chi connectivity index (χ1n) is 5.33. The van der Waals surface area contributed by atoms with E-state index in [1.165, 1.54) is 0 Å². The van der Waals surface area contributed by atoms with E-state index >= 15 is 0 Å². The summed E-state index contributed by atoms with van der Waals surface area (Å²) in [5.74, 6) is 0. The van der Waals surface area contributed by atoms with Gasteiger partial charge in [0.15, 0.2) is 0 Å². The highest BCUT2D eigenvalue weighted by molar-refractivity contribution is 5.13. The average Bonchev–Trinajstić information content (AvgIpc) is 2.34. The molecule has 0 heterocycles. The van der Waals surface area contributed by atoms with Crippen molar-refractivity contribution >= 4 is 0 Å². The normalized spacial score (nSPS) is 14.4. The van der Waals surface area contributed by atoms with Gasteiger partial charge in [0.2, 0.25) is 0 Å². The van der Waals surface area contributed by atoms with Crippen LogP contribution in [0.1, 0.15) is 12.0 Å². The molecule has 1 aromatic carbocycles. The Bertz CT molecular complexity index is 297. The number of ether oxygens (including phenoxy) is 1. The highest BCUT2D eigenvalue weighted by Crippen LogP contribution is 2.09. The van der Waals surface area contributed by atoms with E-state index in [1.807, 2.05) is 30.3 Å². The predicted octanol–water partition coefficient (Wildman–Crippen LogP) is 1.50. The van der Waals surface area contributed by atoms with Gasteiger partial charge in [0.1, 0.15) is 6.10 Å². The summed E-state index contributed by atoms with van der Waals surface area (Å²) in [6.07, 6.45) is 0.938. The third kappa shape index (κ3) is 4.14. The first-order chi connectivity index (χ1) is 7.77. The van der Waals surface area contributed by atoms with Crippen molar-refractivity contribution in [3.05, 3.63) is 48.6 Å². The summed E-state index contributed by atoms with van der Waals surface area (Å²) in [6, 6.07) is 9.72. The van der Waals surface area contributed by atoms with Gasteiger partial charge in [-0.1, -0.05) is 36.4 Å². The highest BCUT2D eigenvalue weighted by atomic mass is 16.5. The molecule has 16 heavy (non-hydrogen) atoms. The lowest BCUT2D eigenvalue weighted by Gasteiger charge is -2.20. The SMILES string of the molecule is C=CC[C@@H](OCc1ccccc1)C(O)CO. The second kappa shape index (κ2) is 7.17. The Morgan fingerprint density at radius 1 is 1.31 bits per heavy atom. The van der Waals surface area contributed by atoms with Crippen LogP contribution in [0.3, 0.4) is 0 Å². The van der Waals surface area contributed by atoms with Crippen LogP contribution in [0.25, 0.3) is 0 Å². The second-order valence-corrected chi connectivity index (χ2v) is 3.61. The smallest absolute Gasteiger partial charge is 0.103 e. The second-order valence-electron chi connectivity index (χ2n) is 3.61. The van der Waals surface area contributed by atoms with Crippen molar-refractivity contribution in [2.24, 2.45) is 0 Å². The standard InChI is InChI=1S/C13H18O3/c1-2-6-13(12(15)9-14)16-10-11-7-4-3-5-8-11/h2-5,7-8,12-15H,1,6,9-10H2/t12?,13-/m1/s1. The third-order valence-corrected chi connectivity index (χ3v) is 2.32. The van der Waals surface area contributed by atoms with Crippen molar-refractivity contribution in [1.82, 2.24) is 0 Å². The summed E-state index contributed by atoms with van der Waals surface area (Å²) >= 11 is 0. The fourth-order valence-electron chi connectivity index (χ4n) is 1.40. The molecule has 0 spiro atoms. The molecule has 2 atom stereocenters. The summed E-state index contributed by atoms with van der Waals surface area (Å²) in [5.41, 5.74) is 1.04. The number of aliphatic hydroxyl groups is 2. The zero-order valence-electron chi connectivity index (χ0n) is 9.25. The molecule has 0 bridgehead atoms. The molecule has 0 aliphatic rings. The Labute approximate surface area is 96.0 Å². The molecule has 88 valence electrons. The summed E-state index contributed by atoms with van der Waals surface area (Å²) in [7, 11) is 0. The van der Waals surface area contributed by atoms with Crippen molar-refractivity contribution in [1.29, 1.82) is 0 Å². The Morgan fingerprint density at radius 2 is 2.00 bits per heavy atom. The summed E-state index contributed by atoms with van der Waals surface area (Å²) in [5, 5.41) is 18.4. The zero-order chi connectivity index (χ0) is 11.8. The fraction of sp³-hybridized carbons (Fsp3) is 0.385. The molecule has 0 aromatic heterocycles. The lowest BCUT2D eigenvalue weighted by molar-refractivity contribution is -0.0629. The molecule has 0 aliphatic carbocycles. The lowest BCUT2D eigenvalue weighted by atomic mass is 10.1. The number of hydrogen-bond donors (Lipinski definition) is 2. The van der Waals surface area contributed by atoms with Crippen LogP contribution < -0.4 is 0 Å². The monoisotopic (exact) mass is 222 g/mol. The van der Waals surface area contributed by atoms with Gasteiger partial charge in [-0.15, -0.1) is 6.58 Å². The van der Waals surface area contributed by atoms with Crippen LogP contribution in [0.5, 0.6) is 0 Å². The molecule has 0 radical (unpaired) electrons. The Morgan fingerprint density at radius 3 is 2.56 bits per heavy atom. The quantitative estimate of drug-likeness (QED) is 0.687. The number of rotatable bonds is 7. The van der Waals surface area contributed by atoms with Gasteiger partial charge in [-0.2, -0.15) is 0 Å². The van der Waals surface area contributed by atoms with Crippen molar-refractivity contribution in [3.63, 3.8) is 0 Å². The maximum Gasteiger partial charge on any atom is 0.103 e. The van der Waals surface area contributed by atoms with Gasteiger partial charge in [-0.3, -0.25) is 0 Å². The molecule has 3 nitrogen and oxygen atoms in total. The minimum Gasteiger partial charge on any atom is -0.394 e. The summed E-state index contributed by atoms with van der Waals surface area (Å²) < 4.78 is 5.54. The zero-order valence-corrected chi connectivity index (χ0v) is 9.25. The van der Waals surface area contributed by atoms with Crippen LogP contribution in [0.2, 0.25) is 0 Å². The van der Waals surface area contributed by atoms with Gasteiger partial charge in [-0.25, -0.2) is 0 Å². The number of aliphatic hydroxyl groups excluding tert-OH is 2. The predicted molar refractivity (Wildman–Crippen MR) is 62.9 cm³/mol. The van der Waals surface area contributed by atoms with Gasteiger partial charge in [-0.05, 0) is 12.0 Å². The molecule has 0 amide bonds. The first-order valence-corrected chi connectivity index (χ1v) is 5.33. The molecular weight excluding hydrogens is 204 g/mol. The Balaban J connectivity index is 2.46. The molecule has 3 heteroatoms. The van der Waals surface area contributed by atoms with Gasteiger partial charge < -0.3 is 14.9 Å². The Kier molecular flexibility index (Phi) is 5.78. The van der Waals surface area contributed by atoms with Crippen molar-refractivity contribution in [2.75, 3.05) is 6.61 Å². The van der Waals surface area contributed by atoms with Crippen LogP contribution in [-0.4, -0.2) is 29.0 Å². The molecule has 0 saturated heterocycles. The molecule has 2 N–H and O–H groups in total. The molecule has 0 saturated carbocycles. The van der Waals surface area contributed by atoms with Crippen molar-refractivity contribution < 1.29 is 14.9 Å². The molecule has 1 rings (SSSR count). The minimum absolute atomic E-state index is 0.298. The summed E-state index contributed by atoms with van der Waals surface area (Å²) in [4.78, 5) is 0. The van der Waals surface area contributed by atoms with Crippen LogP contribution >= 0.6 is 0 Å². The van der Waals surface area contributed by atoms with Gasteiger partial charge in [0, 0.05) is 0 Å². The highest BCUT2D eigenvalue weighted by Gasteiger charge is 2.17. The topological polar surface area (TPSA) is 49.7 Å². The molecule has 0 aliphatic heterocycles. The average molecular weight is 222 g/mol. The van der Waals surface area contributed by atoms with E-state index in [1.54, 1.807) is 6.08 Å². The van der Waals surface area contributed by atoms with Crippen molar-refractivity contribution in [2.45, 2.75) is 25.2 Å². The molecule has 1 aromatic rings. The van der Waals surface area contributed by atoms with Crippen molar-refractivity contribution in [3.8, 4) is 0 Å². The number of benzene rings is 1. The lowest BCUT2D eigenvalue weighted by Crippen LogP contribution is -2.31. The van der Waals surface area contributed by atoms with Crippen LogP contribution in [-0.2, 0) is 11.3 Å². The minimum atomic E-state index is -0.860. The third-order valence-electron chi connectivity index (χ3n) is 2.32. The first kappa shape index (κ1) is 12.9. The van der Waals surface area contributed by atoms with Gasteiger partial charge in [0.05, 0.1) is 19.3 Å². The van der Waals surface area contributed by atoms with Gasteiger partial charge in [0.25, 0.3) is 0 Å². The van der Waals surface area contributed by atoms with Gasteiger partial charge >= 0.3 is 0 Å². The molecule has 0 fully saturated rings. The maximum absolute atomic E-state index is 9.50. The molecular formula is C13H18O3. The number of hydrogen-bond acceptors (Lipinski definition) is 3. The van der Waals surface area contributed by atoms with E-state index in [4.69, 9.17) is 9.84 Å². The van der Waals surface area contributed by atoms with E-state index < -0.39 is 12.2 Å². The van der Waals surface area contributed by atoms with Crippen LogP contribution in [0, 0.1) is 0 Å². The maximum atomic E-state index is 9.50. The Hall–Kier alpha value is -1.16. The van der Waals surface area contributed by atoms with Crippen LogP contribution in [0.4, 0.5) is 0 Å².